The molecule has 2 rings (SSSR count). The van der Waals surface area contributed by atoms with Crippen LogP contribution in [-0.4, -0.2) is 17.8 Å². The van der Waals surface area contributed by atoms with Crippen molar-refractivity contribution < 1.29 is 4.79 Å². The van der Waals surface area contributed by atoms with Gasteiger partial charge < -0.3 is 10.6 Å². The summed E-state index contributed by atoms with van der Waals surface area (Å²) in [5, 5.41) is 6.48. The highest BCUT2D eigenvalue weighted by Gasteiger charge is 2.46. The summed E-state index contributed by atoms with van der Waals surface area (Å²) >= 11 is 5.75. The number of rotatable bonds is 7. The second-order valence-corrected chi connectivity index (χ2v) is 6.36. The lowest BCUT2D eigenvalue weighted by molar-refractivity contribution is -0.123. The van der Waals surface area contributed by atoms with Crippen molar-refractivity contribution in [3.8, 4) is 0 Å². The summed E-state index contributed by atoms with van der Waals surface area (Å²) in [6, 6.07) is 9.88. The first-order chi connectivity index (χ1) is 11.0. The van der Waals surface area contributed by atoms with Gasteiger partial charge in [0.1, 0.15) is 6.04 Å². The van der Waals surface area contributed by atoms with Crippen LogP contribution in [0.1, 0.15) is 39.2 Å². The van der Waals surface area contributed by atoms with E-state index in [9.17, 15) is 4.79 Å². The van der Waals surface area contributed by atoms with Crippen LogP contribution in [0.5, 0.6) is 0 Å². The summed E-state index contributed by atoms with van der Waals surface area (Å²) in [5.74, 6) is 0.479. The van der Waals surface area contributed by atoms with Crippen LogP contribution in [-0.2, 0) is 10.3 Å². The summed E-state index contributed by atoms with van der Waals surface area (Å²) in [6.45, 7) is 5.82. The Labute approximate surface area is 143 Å². The van der Waals surface area contributed by atoms with E-state index in [1.165, 1.54) is 5.56 Å². The molecule has 0 saturated heterocycles. The predicted octanol–water partition coefficient (Wildman–Crippen LogP) is 3.86. The zero-order chi connectivity index (χ0) is 16.9. The molecule has 0 radical (unpaired) electrons. The van der Waals surface area contributed by atoms with Crippen LogP contribution in [0, 0.1) is 0 Å². The predicted molar refractivity (Wildman–Crippen MR) is 96.3 cm³/mol. The summed E-state index contributed by atoms with van der Waals surface area (Å²) in [4.78, 5) is 12.6. The standard InChI is InChI=1S/C19H25ClN2O/c1-4-17(14(2)10-13-20)21-15(3)18(23)22-19(11-12-19)16-8-6-5-7-9-16/h4-10,15,21H,11-13H2,1-3H3,(H,22,23)/b14-10-,17-4+. The van der Waals surface area contributed by atoms with Crippen LogP contribution in [0.3, 0.4) is 0 Å². The van der Waals surface area contributed by atoms with Gasteiger partial charge in [0.15, 0.2) is 0 Å². The van der Waals surface area contributed by atoms with Crippen molar-refractivity contribution in [3.05, 3.63) is 59.3 Å². The zero-order valence-electron chi connectivity index (χ0n) is 14.0. The molecule has 0 aliphatic heterocycles. The number of nitrogens with one attached hydrogen (secondary N) is 2. The van der Waals surface area contributed by atoms with Crippen LogP contribution >= 0.6 is 11.6 Å². The fourth-order valence-electron chi connectivity index (χ4n) is 2.66. The van der Waals surface area contributed by atoms with E-state index >= 15 is 0 Å². The monoisotopic (exact) mass is 332 g/mol. The molecule has 1 aromatic carbocycles. The van der Waals surface area contributed by atoms with Crippen LogP contribution in [0.4, 0.5) is 0 Å². The first-order valence-electron chi connectivity index (χ1n) is 8.06. The van der Waals surface area contributed by atoms with E-state index in [2.05, 4.69) is 22.8 Å². The lowest BCUT2D eigenvalue weighted by Crippen LogP contribution is -2.46. The maximum Gasteiger partial charge on any atom is 0.242 e. The molecule has 0 aromatic heterocycles. The lowest BCUT2D eigenvalue weighted by Gasteiger charge is -2.23. The van der Waals surface area contributed by atoms with Crippen molar-refractivity contribution in [1.29, 1.82) is 0 Å². The van der Waals surface area contributed by atoms with E-state index in [4.69, 9.17) is 11.6 Å². The molecule has 4 heteroatoms. The van der Waals surface area contributed by atoms with E-state index in [1.54, 1.807) is 0 Å². The number of hydrogen-bond acceptors (Lipinski definition) is 2. The Balaban J connectivity index is 2.00. The topological polar surface area (TPSA) is 41.1 Å². The van der Waals surface area contributed by atoms with Crippen LogP contribution in [0.2, 0.25) is 0 Å². The molecule has 23 heavy (non-hydrogen) atoms. The molecule has 124 valence electrons. The molecule has 0 heterocycles. The van der Waals surface area contributed by atoms with E-state index in [1.807, 2.05) is 51.1 Å². The fraction of sp³-hybridized carbons (Fsp3) is 0.421. The highest BCUT2D eigenvalue weighted by atomic mass is 35.5. The summed E-state index contributed by atoms with van der Waals surface area (Å²) < 4.78 is 0. The third kappa shape index (κ3) is 4.38. The average Bonchev–Trinajstić information content (AvgIpc) is 3.34. The van der Waals surface area contributed by atoms with Gasteiger partial charge in [0.25, 0.3) is 0 Å². The molecule has 1 unspecified atom stereocenters. The maximum atomic E-state index is 12.6. The van der Waals surface area contributed by atoms with Gasteiger partial charge >= 0.3 is 0 Å². The SMILES string of the molecule is C/C=C(NC(C)C(=O)NC1(c2ccccc2)CC1)\C(C)=C/CCl. The molecule has 1 saturated carbocycles. The molecule has 2 N–H and O–H groups in total. The second-order valence-electron chi connectivity index (χ2n) is 6.05. The highest BCUT2D eigenvalue weighted by Crippen LogP contribution is 2.45. The normalized spacial score (nSPS) is 18.3. The number of halogens is 1. The van der Waals surface area contributed by atoms with Gasteiger partial charge in [-0.15, -0.1) is 11.6 Å². The van der Waals surface area contributed by atoms with Crippen molar-refractivity contribution >= 4 is 17.5 Å². The minimum atomic E-state index is -0.305. The van der Waals surface area contributed by atoms with Crippen molar-refractivity contribution in [3.63, 3.8) is 0 Å². The maximum absolute atomic E-state index is 12.6. The number of carbonyl (C=O) groups excluding carboxylic acids is 1. The van der Waals surface area contributed by atoms with Crippen molar-refractivity contribution in [2.75, 3.05) is 5.88 Å². The molecule has 1 atom stereocenters. The quantitative estimate of drug-likeness (QED) is 0.588. The van der Waals surface area contributed by atoms with Gasteiger partial charge in [-0.05, 0) is 44.7 Å². The molecule has 1 fully saturated rings. The largest absolute Gasteiger partial charge is 0.374 e. The van der Waals surface area contributed by atoms with Gasteiger partial charge in [-0.25, -0.2) is 0 Å². The molecule has 0 bridgehead atoms. The Bertz CT molecular complexity index is 603. The van der Waals surface area contributed by atoms with E-state index in [0.29, 0.717) is 5.88 Å². The van der Waals surface area contributed by atoms with Crippen molar-refractivity contribution in [1.82, 2.24) is 10.6 Å². The summed E-state index contributed by atoms with van der Waals surface area (Å²) in [6.07, 6.45) is 5.89. The Kier molecular flexibility index (Phi) is 5.89. The molecule has 1 aliphatic carbocycles. The first-order valence-corrected chi connectivity index (χ1v) is 8.59. The minimum absolute atomic E-state index is 0.0179. The van der Waals surface area contributed by atoms with E-state index in [-0.39, 0.29) is 17.5 Å². The summed E-state index contributed by atoms with van der Waals surface area (Å²) in [7, 11) is 0. The van der Waals surface area contributed by atoms with Gasteiger partial charge in [0.05, 0.1) is 5.54 Å². The molecule has 1 aromatic rings. The highest BCUT2D eigenvalue weighted by molar-refractivity contribution is 6.19. The fourth-order valence-corrected chi connectivity index (χ4v) is 2.89. The minimum Gasteiger partial charge on any atom is -0.374 e. The number of carbonyl (C=O) groups is 1. The first kappa shape index (κ1) is 17.6. The average molecular weight is 333 g/mol. The number of allylic oxidation sites excluding steroid dienone is 3. The third-order valence-corrected chi connectivity index (χ3v) is 4.46. The number of hydrogen-bond donors (Lipinski definition) is 2. The number of alkyl halides is 1. The van der Waals surface area contributed by atoms with E-state index < -0.39 is 0 Å². The molecular weight excluding hydrogens is 308 g/mol. The van der Waals surface area contributed by atoms with Crippen LogP contribution in [0.15, 0.2) is 53.8 Å². The Morgan fingerprint density at radius 2 is 2.00 bits per heavy atom. The molecule has 3 nitrogen and oxygen atoms in total. The van der Waals surface area contributed by atoms with Gasteiger partial charge in [-0.1, -0.05) is 42.5 Å². The number of amides is 1. The zero-order valence-corrected chi connectivity index (χ0v) is 14.8. The van der Waals surface area contributed by atoms with Gasteiger partial charge in [0.2, 0.25) is 5.91 Å². The Morgan fingerprint density at radius 3 is 2.52 bits per heavy atom. The van der Waals surface area contributed by atoms with Gasteiger partial charge in [-0.3, -0.25) is 4.79 Å². The van der Waals surface area contributed by atoms with E-state index in [0.717, 1.165) is 24.1 Å². The Morgan fingerprint density at radius 1 is 1.35 bits per heavy atom. The Hall–Kier alpha value is -1.74. The van der Waals surface area contributed by atoms with Crippen molar-refractivity contribution in [2.24, 2.45) is 0 Å². The van der Waals surface area contributed by atoms with Crippen LogP contribution < -0.4 is 10.6 Å². The molecule has 1 aliphatic rings. The number of benzene rings is 1. The lowest BCUT2D eigenvalue weighted by atomic mass is 10.0. The second kappa shape index (κ2) is 7.69. The smallest absolute Gasteiger partial charge is 0.242 e. The van der Waals surface area contributed by atoms with Gasteiger partial charge in [0, 0.05) is 11.6 Å². The molecular formula is C19H25ClN2O. The molecule has 0 spiro atoms. The van der Waals surface area contributed by atoms with Gasteiger partial charge in [-0.2, -0.15) is 0 Å². The van der Waals surface area contributed by atoms with Crippen LogP contribution in [0.25, 0.3) is 0 Å². The van der Waals surface area contributed by atoms with Crippen molar-refractivity contribution in [2.45, 2.75) is 45.2 Å². The third-order valence-electron chi connectivity index (χ3n) is 4.30. The molecule has 1 amide bonds. The summed E-state index contributed by atoms with van der Waals surface area (Å²) in [5.41, 5.74) is 3.00.